The van der Waals surface area contributed by atoms with E-state index in [2.05, 4.69) is 15.3 Å². The van der Waals surface area contributed by atoms with Crippen LogP contribution in [0.4, 0.5) is 11.5 Å². The molecule has 2 aromatic carbocycles. The monoisotopic (exact) mass is 386 g/mol. The van der Waals surface area contributed by atoms with Crippen molar-refractivity contribution < 1.29 is 9.59 Å². The molecular formula is C21H18N6O2. The third kappa shape index (κ3) is 2.85. The minimum atomic E-state index is -0.672. The van der Waals surface area contributed by atoms with Gasteiger partial charge in [0.1, 0.15) is 16.9 Å². The third-order valence-corrected chi connectivity index (χ3v) is 5.06. The van der Waals surface area contributed by atoms with Gasteiger partial charge in [0.2, 0.25) is 5.91 Å². The summed E-state index contributed by atoms with van der Waals surface area (Å²) in [6.07, 6.45) is 1.84. The second-order valence-corrected chi connectivity index (χ2v) is 7.16. The van der Waals surface area contributed by atoms with Gasteiger partial charge in [-0.3, -0.25) is 14.2 Å². The van der Waals surface area contributed by atoms with Crippen molar-refractivity contribution in [3.8, 4) is 5.69 Å². The lowest BCUT2D eigenvalue weighted by atomic mass is 10.2. The first-order valence-electron chi connectivity index (χ1n) is 9.30. The van der Waals surface area contributed by atoms with Crippen LogP contribution in [0.3, 0.4) is 0 Å². The van der Waals surface area contributed by atoms with Crippen LogP contribution in [0, 0.1) is 5.92 Å². The molecule has 8 nitrogen and oxygen atoms in total. The van der Waals surface area contributed by atoms with Gasteiger partial charge in [-0.15, -0.1) is 0 Å². The van der Waals surface area contributed by atoms with E-state index in [4.69, 9.17) is 11.5 Å². The van der Waals surface area contributed by atoms with Crippen molar-refractivity contribution >= 4 is 45.5 Å². The van der Waals surface area contributed by atoms with Gasteiger partial charge in [-0.05, 0) is 43.2 Å². The summed E-state index contributed by atoms with van der Waals surface area (Å²) < 4.78 is 1.64. The van der Waals surface area contributed by atoms with E-state index in [1.807, 2.05) is 42.5 Å². The van der Waals surface area contributed by atoms with E-state index in [0.717, 1.165) is 12.8 Å². The highest BCUT2D eigenvalue weighted by Gasteiger charge is 2.29. The molecule has 0 radical (unpaired) electrons. The van der Waals surface area contributed by atoms with Gasteiger partial charge < -0.3 is 16.8 Å². The number of amides is 2. The maximum Gasteiger partial charge on any atom is 0.254 e. The van der Waals surface area contributed by atoms with Crippen molar-refractivity contribution in [1.82, 2.24) is 14.5 Å². The third-order valence-electron chi connectivity index (χ3n) is 5.06. The van der Waals surface area contributed by atoms with E-state index < -0.39 is 5.91 Å². The lowest BCUT2D eigenvalue weighted by Gasteiger charge is -2.10. The van der Waals surface area contributed by atoms with Gasteiger partial charge in [0.25, 0.3) is 5.91 Å². The summed E-state index contributed by atoms with van der Waals surface area (Å²) in [4.78, 5) is 33.5. The fourth-order valence-electron chi connectivity index (χ4n) is 3.48. The Kier molecular flexibility index (Phi) is 3.73. The summed E-state index contributed by atoms with van der Waals surface area (Å²) in [5.41, 5.74) is 15.4. The number of carbonyl (C=O) groups excluding carboxylic acids is 2. The number of nitrogen functional groups attached to an aromatic ring is 1. The number of nitrogens with two attached hydrogens (primary N) is 2. The normalized spacial score (nSPS) is 13.7. The lowest BCUT2D eigenvalue weighted by Crippen LogP contribution is -2.14. The van der Waals surface area contributed by atoms with E-state index in [1.54, 1.807) is 10.6 Å². The number of para-hydroxylation sites is 2. The minimum absolute atomic E-state index is 0.0103. The Bertz CT molecular complexity index is 1310. The largest absolute Gasteiger partial charge is 0.384 e. The van der Waals surface area contributed by atoms with Crippen LogP contribution in [-0.2, 0) is 4.79 Å². The van der Waals surface area contributed by atoms with Gasteiger partial charge >= 0.3 is 0 Å². The number of rotatable bonds is 4. The first kappa shape index (κ1) is 17.2. The zero-order chi connectivity index (χ0) is 20.1. The molecule has 0 aliphatic heterocycles. The summed E-state index contributed by atoms with van der Waals surface area (Å²) in [6, 6.07) is 14.6. The predicted octanol–water partition coefficient (Wildman–Crippen LogP) is 2.60. The highest BCUT2D eigenvalue weighted by Crippen LogP contribution is 2.33. The number of primary amides is 1. The molecule has 1 aliphatic rings. The molecule has 5 N–H and O–H groups in total. The Hall–Kier alpha value is -3.94. The summed E-state index contributed by atoms with van der Waals surface area (Å²) in [7, 11) is 0. The molecule has 0 saturated heterocycles. The maximum absolute atomic E-state index is 12.1. The highest BCUT2D eigenvalue weighted by atomic mass is 16.2. The van der Waals surface area contributed by atoms with Crippen molar-refractivity contribution in [2.45, 2.75) is 12.8 Å². The Morgan fingerprint density at radius 1 is 1.03 bits per heavy atom. The maximum atomic E-state index is 12.1. The summed E-state index contributed by atoms with van der Waals surface area (Å²) in [5, 5.41) is 2.92. The second kappa shape index (κ2) is 6.30. The molecule has 1 aliphatic carbocycles. The molecule has 1 saturated carbocycles. The Morgan fingerprint density at radius 3 is 2.45 bits per heavy atom. The number of hydrogen-bond acceptors (Lipinski definition) is 5. The van der Waals surface area contributed by atoms with E-state index in [9.17, 15) is 9.59 Å². The number of aromatic nitrogens is 3. The van der Waals surface area contributed by atoms with Crippen LogP contribution in [0.1, 0.15) is 23.2 Å². The molecule has 29 heavy (non-hydrogen) atoms. The predicted molar refractivity (Wildman–Crippen MR) is 111 cm³/mol. The summed E-state index contributed by atoms with van der Waals surface area (Å²) >= 11 is 0. The van der Waals surface area contributed by atoms with Crippen LogP contribution in [0.25, 0.3) is 27.9 Å². The van der Waals surface area contributed by atoms with Crippen LogP contribution in [0.15, 0.2) is 48.5 Å². The van der Waals surface area contributed by atoms with Crippen LogP contribution >= 0.6 is 0 Å². The zero-order valence-corrected chi connectivity index (χ0v) is 15.4. The molecule has 2 aromatic heterocycles. The number of carbonyl (C=O) groups is 2. The molecule has 8 heteroatoms. The van der Waals surface area contributed by atoms with Crippen molar-refractivity contribution in [3.05, 3.63) is 54.1 Å². The smallest absolute Gasteiger partial charge is 0.254 e. The van der Waals surface area contributed by atoms with Crippen molar-refractivity contribution in [3.63, 3.8) is 0 Å². The average Bonchev–Trinajstić information content (AvgIpc) is 3.50. The SMILES string of the molecule is NC(=O)c1c(N)n(-c2cccc(NC(=O)C3CC3)c2)c2nc3ccccc3nc12. The van der Waals surface area contributed by atoms with Gasteiger partial charge in [0.15, 0.2) is 5.65 Å². The molecule has 4 aromatic rings. The fraction of sp³-hybridized carbons (Fsp3) is 0.143. The number of benzene rings is 2. The number of nitrogens with zero attached hydrogens (tertiary/aromatic N) is 3. The molecule has 144 valence electrons. The van der Waals surface area contributed by atoms with Crippen molar-refractivity contribution in [2.24, 2.45) is 11.7 Å². The van der Waals surface area contributed by atoms with E-state index in [1.165, 1.54) is 0 Å². The van der Waals surface area contributed by atoms with Gasteiger partial charge in [-0.25, -0.2) is 9.97 Å². The standard InChI is InChI=1S/C21H18N6O2/c22-18-16(19(23)28)17-20(26-15-7-2-1-6-14(15)25-17)27(18)13-5-3-4-12(10-13)24-21(29)11-8-9-11/h1-7,10-11H,8-9,22H2,(H2,23,28)(H,24,29). The van der Waals surface area contributed by atoms with Crippen molar-refractivity contribution in [2.75, 3.05) is 11.1 Å². The first-order valence-corrected chi connectivity index (χ1v) is 9.30. The highest BCUT2D eigenvalue weighted by molar-refractivity contribution is 6.10. The zero-order valence-electron chi connectivity index (χ0n) is 15.4. The number of anilines is 2. The minimum Gasteiger partial charge on any atom is -0.384 e. The Balaban J connectivity index is 1.72. The molecule has 0 atom stereocenters. The molecule has 2 heterocycles. The molecule has 5 rings (SSSR count). The second-order valence-electron chi connectivity index (χ2n) is 7.16. The molecule has 2 amide bonds. The Labute approximate surface area is 165 Å². The quantitative estimate of drug-likeness (QED) is 0.496. The van der Waals surface area contributed by atoms with Crippen LogP contribution in [-0.4, -0.2) is 26.3 Å². The molecule has 1 fully saturated rings. The van der Waals surface area contributed by atoms with Gasteiger partial charge in [0.05, 0.1) is 16.7 Å². The topological polar surface area (TPSA) is 129 Å². The molecule has 0 unspecified atom stereocenters. The van der Waals surface area contributed by atoms with E-state index in [0.29, 0.717) is 33.6 Å². The molecule has 0 spiro atoms. The van der Waals surface area contributed by atoms with Crippen LogP contribution in [0.2, 0.25) is 0 Å². The van der Waals surface area contributed by atoms with Gasteiger partial charge in [0, 0.05) is 11.6 Å². The van der Waals surface area contributed by atoms with E-state index in [-0.39, 0.29) is 23.2 Å². The van der Waals surface area contributed by atoms with Crippen molar-refractivity contribution in [1.29, 1.82) is 0 Å². The average molecular weight is 386 g/mol. The van der Waals surface area contributed by atoms with Crippen LogP contribution in [0.5, 0.6) is 0 Å². The van der Waals surface area contributed by atoms with Crippen LogP contribution < -0.4 is 16.8 Å². The fourth-order valence-corrected chi connectivity index (χ4v) is 3.48. The van der Waals surface area contributed by atoms with Gasteiger partial charge in [-0.1, -0.05) is 18.2 Å². The summed E-state index contributed by atoms with van der Waals surface area (Å²) in [6.45, 7) is 0. The Morgan fingerprint density at radius 2 is 1.76 bits per heavy atom. The molecular weight excluding hydrogens is 368 g/mol. The molecule has 0 bridgehead atoms. The first-order chi connectivity index (χ1) is 14.0. The van der Waals surface area contributed by atoms with E-state index >= 15 is 0 Å². The lowest BCUT2D eigenvalue weighted by molar-refractivity contribution is -0.117. The number of fused-ring (bicyclic) bond motifs is 2. The number of nitrogens with one attached hydrogen (secondary N) is 1. The van der Waals surface area contributed by atoms with Gasteiger partial charge in [-0.2, -0.15) is 0 Å². The number of hydrogen-bond donors (Lipinski definition) is 3. The summed E-state index contributed by atoms with van der Waals surface area (Å²) in [5.74, 6) is -0.409.